The monoisotopic (exact) mass is 394 g/mol. The molecule has 0 aromatic heterocycles. The maximum atomic E-state index is 12.6. The fourth-order valence-electron chi connectivity index (χ4n) is 3.86. The van der Waals surface area contributed by atoms with E-state index in [4.69, 9.17) is 4.74 Å². The molecule has 0 spiro atoms. The zero-order valence-electron chi connectivity index (χ0n) is 17.5. The van der Waals surface area contributed by atoms with E-state index in [2.05, 4.69) is 17.6 Å². The maximum absolute atomic E-state index is 12.6. The number of aryl methyl sites for hydroxylation is 2. The summed E-state index contributed by atoms with van der Waals surface area (Å²) in [5, 5.41) is 6.05. The summed E-state index contributed by atoms with van der Waals surface area (Å²) in [4.78, 5) is 25.2. The number of ether oxygens (including phenoxy) is 1. The van der Waals surface area contributed by atoms with Crippen LogP contribution in [0.25, 0.3) is 0 Å². The van der Waals surface area contributed by atoms with Gasteiger partial charge in [0, 0.05) is 29.6 Å². The second-order valence-corrected chi connectivity index (χ2v) is 7.87. The smallest absolute Gasteiger partial charge is 0.227 e. The summed E-state index contributed by atoms with van der Waals surface area (Å²) in [6.07, 6.45) is 2.96. The number of carbonyl (C=O) groups is 2. The third-order valence-corrected chi connectivity index (χ3v) is 5.89. The van der Waals surface area contributed by atoms with E-state index in [9.17, 15) is 9.59 Å². The highest BCUT2D eigenvalue weighted by Gasteiger charge is 2.30. The molecule has 29 heavy (non-hydrogen) atoms. The minimum atomic E-state index is -0.0325. The van der Waals surface area contributed by atoms with E-state index in [1.165, 1.54) is 11.1 Å². The van der Waals surface area contributed by atoms with E-state index >= 15 is 0 Å². The second-order valence-electron chi connectivity index (χ2n) is 7.87. The van der Waals surface area contributed by atoms with Crippen LogP contribution in [0.1, 0.15) is 42.4 Å². The van der Waals surface area contributed by atoms with Gasteiger partial charge in [0.05, 0.1) is 7.11 Å². The van der Waals surface area contributed by atoms with Crippen LogP contribution in [0.3, 0.4) is 0 Å². The molecule has 2 N–H and O–H groups in total. The van der Waals surface area contributed by atoms with Crippen molar-refractivity contribution in [2.24, 2.45) is 11.8 Å². The van der Waals surface area contributed by atoms with Crippen molar-refractivity contribution in [3.63, 3.8) is 0 Å². The quantitative estimate of drug-likeness (QED) is 0.764. The topological polar surface area (TPSA) is 67.4 Å². The predicted octanol–water partition coefficient (Wildman–Crippen LogP) is 4.37. The van der Waals surface area contributed by atoms with Crippen molar-refractivity contribution in [1.29, 1.82) is 0 Å². The molecule has 0 unspecified atom stereocenters. The first kappa shape index (κ1) is 20.9. The van der Waals surface area contributed by atoms with Crippen molar-refractivity contribution in [1.82, 2.24) is 5.32 Å². The van der Waals surface area contributed by atoms with Crippen LogP contribution in [0.5, 0.6) is 5.75 Å². The average Bonchev–Trinajstić information content (AvgIpc) is 2.75. The van der Waals surface area contributed by atoms with Gasteiger partial charge in [-0.2, -0.15) is 0 Å². The first-order valence-corrected chi connectivity index (χ1v) is 10.3. The van der Waals surface area contributed by atoms with E-state index in [0.29, 0.717) is 6.54 Å². The molecular weight excluding hydrogens is 364 g/mol. The van der Waals surface area contributed by atoms with Crippen LogP contribution in [0.4, 0.5) is 5.69 Å². The number of anilines is 1. The number of carbonyl (C=O) groups excluding carboxylic acids is 2. The zero-order valence-corrected chi connectivity index (χ0v) is 17.5. The number of benzene rings is 2. The summed E-state index contributed by atoms with van der Waals surface area (Å²) in [6.45, 7) is 4.55. The van der Waals surface area contributed by atoms with E-state index in [-0.39, 0.29) is 23.7 Å². The lowest BCUT2D eigenvalue weighted by atomic mass is 9.81. The van der Waals surface area contributed by atoms with Gasteiger partial charge >= 0.3 is 0 Å². The lowest BCUT2D eigenvalue weighted by molar-refractivity contribution is -0.128. The predicted molar refractivity (Wildman–Crippen MR) is 115 cm³/mol. The molecule has 0 saturated heterocycles. The molecule has 0 atom stereocenters. The number of amides is 2. The lowest BCUT2D eigenvalue weighted by Crippen LogP contribution is -2.35. The summed E-state index contributed by atoms with van der Waals surface area (Å²) in [7, 11) is 1.63. The number of nitrogens with one attached hydrogen (secondary N) is 2. The molecule has 2 amide bonds. The van der Waals surface area contributed by atoms with Gasteiger partial charge in [-0.3, -0.25) is 9.59 Å². The molecule has 0 aliphatic heterocycles. The number of hydrogen-bond donors (Lipinski definition) is 2. The Morgan fingerprint density at radius 2 is 1.59 bits per heavy atom. The van der Waals surface area contributed by atoms with Gasteiger partial charge in [-0.1, -0.05) is 24.3 Å². The molecule has 0 bridgehead atoms. The molecular formula is C24H30N2O3. The summed E-state index contributed by atoms with van der Waals surface area (Å²) in [5.41, 5.74) is 4.18. The summed E-state index contributed by atoms with van der Waals surface area (Å²) in [5.74, 6) is 0.829. The summed E-state index contributed by atoms with van der Waals surface area (Å²) in [6, 6.07) is 13.7. The standard InChI is InChI=1S/C24H30N2O3/c1-16-8-13-21(14-17(16)2)26-24(28)19-11-9-18(10-12-19)23(27)25-15-20-6-4-5-7-22(20)29-3/h4-8,13-14,18-19H,9-12,15H2,1-3H3,(H,25,27)(H,26,28). The van der Waals surface area contributed by atoms with Gasteiger partial charge in [-0.25, -0.2) is 0 Å². The number of methoxy groups -OCH3 is 1. The Labute approximate surface area is 172 Å². The molecule has 3 rings (SSSR count). The van der Waals surface area contributed by atoms with Crippen molar-refractivity contribution in [2.45, 2.75) is 46.1 Å². The number of para-hydroxylation sites is 1. The molecule has 1 aliphatic carbocycles. The van der Waals surface area contributed by atoms with Crippen LogP contribution in [0.15, 0.2) is 42.5 Å². The zero-order chi connectivity index (χ0) is 20.8. The van der Waals surface area contributed by atoms with Gasteiger partial charge in [0.25, 0.3) is 0 Å². The second kappa shape index (κ2) is 9.59. The third kappa shape index (κ3) is 5.37. The highest BCUT2D eigenvalue weighted by molar-refractivity contribution is 5.93. The Morgan fingerprint density at radius 1 is 0.931 bits per heavy atom. The Balaban J connectivity index is 1.47. The Bertz CT molecular complexity index is 870. The van der Waals surface area contributed by atoms with Gasteiger partial charge in [-0.05, 0) is 68.9 Å². The minimum Gasteiger partial charge on any atom is -0.496 e. The molecule has 1 fully saturated rings. The third-order valence-electron chi connectivity index (χ3n) is 5.89. The Hall–Kier alpha value is -2.82. The highest BCUT2D eigenvalue weighted by atomic mass is 16.5. The molecule has 2 aromatic carbocycles. The Kier molecular flexibility index (Phi) is 6.91. The van der Waals surface area contributed by atoms with Crippen molar-refractivity contribution < 1.29 is 14.3 Å². The van der Waals surface area contributed by atoms with Gasteiger partial charge < -0.3 is 15.4 Å². The van der Waals surface area contributed by atoms with Crippen LogP contribution in [-0.4, -0.2) is 18.9 Å². The largest absolute Gasteiger partial charge is 0.496 e. The van der Waals surface area contributed by atoms with E-state index < -0.39 is 0 Å². The number of rotatable bonds is 6. The normalized spacial score (nSPS) is 18.7. The fraction of sp³-hybridized carbons (Fsp3) is 0.417. The number of hydrogen-bond acceptors (Lipinski definition) is 3. The first-order valence-electron chi connectivity index (χ1n) is 10.3. The van der Waals surface area contributed by atoms with Gasteiger partial charge in [0.1, 0.15) is 5.75 Å². The van der Waals surface area contributed by atoms with Crippen molar-refractivity contribution in [2.75, 3.05) is 12.4 Å². The Morgan fingerprint density at radius 3 is 2.24 bits per heavy atom. The van der Waals surface area contributed by atoms with E-state index in [0.717, 1.165) is 42.7 Å². The minimum absolute atomic E-state index is 0.0321. The SMILES string of the molecule is COc1ccccc1CNC(=O)C1CCC(C(=O)Nc2ccc(C)c(C)c2)CC1. The van der Waals surface area contributed by atoms with Crippen molar-refractivity contribution in [3.8, 4) is 5.75 Å². The first-order chi connectivity index (χ1) is 14.0. The summed E-state index contributed by atoms with van der Waals surface area (Å²) >= 11 is 0. The van der Waals surface area contributed by atoms with E-state index in [1.54, 1.807) is 7.11 Å². The molecule has 5 nitrogen and oxygen atoms in total. The van der Waals surface area contributed by atoms with E-state index in [1.807, 2.05) is 49.4 Å². The van der Waals surface area contributed by atoms with Crippen molar-refractivity contribution in [3.05, 3.63) is 59.2 Å². The van der Waals surface area contributed by atoms with Gasteiger partial charge in [0.2, 0.25) is 11.8 Å². The van der Waals surface area contributed by atoms with Crippen LogP contribution < -0.4 is 15.4 Å². The molecule has 154 valence electrons. The molecule has 5 heteroatoms. The van der Waals surface area contributed by atoms with Crippen LogP contribution >= 0.6 is 0 Å². The fourth-order valence-corrected chi connectivity index (χ4v) is 3.86. The van der Waals surface area contributed by atoms with Gasteiger partial charge in [0.15, 0.2) is 0 Å². The highest BCUT2D eigenvalue weighted by Crippen LogP contribution is 2.30. The molecule has 0 heterocycles. The molecule has 2 aromatic rings. The van der Waals surface area contributed by atoms with Crippen LogP contribution in [-0.2, 0) is 16.1 Å². The van der Waals surface area contributed by atoms with Crippen LogP contribution in [0, 0.1) is 25.7 Å². The molecule has 0 radical (unpaired) electrons. The maximum Gasteiger partial charge on any atom is 0.227 e. The average molecular weight is 395 g/mol. The molecule has 1 saturated carbocycles. The molecule has 1 aliphatic rings. The lowest BCUT2D eigenvalue weighted by Gasteiger charge is -2.27. The van der Waals surface area contributed by atoms with Gasteiger partial charge in [-0.15, -0.1) is 0 Å². The van der Waals surface area contributed by atoms with Crippen molar-refractivity contribution >= 4 is 17.5 Å². The summed E-state index contributed by atoms with van der Waals surface area (Å²) < 4.78 is 5.33. The van der Waals surface area contributed by atoms with Crippen LogP contribution in [0.2, 0.25) is 0 Å².